The summed E-state index contributed by atoms with van der Waals surface area (Å²) in [7, 11) is -7.19. The summed E-state index contributed by atoms with van der Waals surface area (Å²) in [5, 5.41) is 0. The van der Waals surface area contributed by atoms with Crippen molar-refractivity contribution in [1.82, 2.24) is 0 Å². The summed E-state index contributed by atoms with van der Waals surface area (Å²) in [4.78, 5) is 0. The Balaban J connectivity index is 2.64. The lowest BCUT2D eigenvalue weighted by Gasteiger charge is -2.20. The zero-order chi connectivity index (χ0) is 10.1. The molecule has 0 N–H and O–H groups in total. The maximum atomic E-state index is 10.8. The molecule has 13 heavy (non-hydrogen) atoms. The van der Waals surface area contributed by atoms with Crippen LogP contribution in [0.4, 0.5) is 0 Å². The fourth-order valence-corrected chi connectivity index (χ4v) is 2.87. The molecule has 0 bridgehead atoms. The van der Waals surface area contributed by atoms with Crippen LogP contribution in [-0.2, 0) is 28.6 Å². The minimum Gasteiger partial charge on any atom is -0.270 e. The summed E-state index contributed by atoms with van der Waals surface area (Å²) in [6, 6.07) is 0. The predicted molar refractivity (Wildman–Crippen MR) is 44.1 cm³/mol. The van der Waals surface area contributed by atoms with Gasteiger partial charge in [-0.25, -0.2) is 0 Å². The van der Waals surface area contributed by atoms with E-state index in [0.717, 1.165) is 6.26 Å². The van der Waals surface area contributed by atoms with Crippen molar-refractivity contribution < 1.29 is 25.2 Å². The third-order valence-electron chi connectivity index (χ3n) is 1.40. The van der Waals surface area contributed by atoms with E-state index >= 15 is 0 Å². The minimum absolute atomic E-state index is 0.0253. The van der Waals surface area contributed by atoms with Gasteiger partial charge in [-0.2, -0.15) is 16.8 Å². The van der Waals surface area contributed by atoms with Crippen molar-refractivity contribution in [1.29, 1.82) is 0 Å². The first-order valence-electron chi connectivity index (χ1n) is 3.54. The van der Waals surface area contributed by atoms with Crippen molar-refractivity contribution in [2.24, 2.45) is 0 Å². The molecule has 0 spiro atoms. The van der Waals surface area contributed by atoms with E-state index in [1.807, 2.05) is 0 Å². The van der Waals surface area contributed by atoms with Crippen molar-refractivity contribution >= 4 is 20.2 Å². The maximum Gasteiger partial charge on any atom is 0.269 e. The van der Waals surface area contributed by atoms with E-state index in [2.05, 4.69) is 8.37 Å². The molecule has 0 aromatic carbocycles. The minimum atomic E-state index is -3.59. The highest BCUT2D eigenvalue weighted by atomic mass is 32.2. The quantitative estimate of drug-likeness (QED) is 0.570. The molecule has 1 heterocycles. The zero-order valence-electron chi connectivity index (χ0n) is 6.96. The summed E-state index contributed by atoms with van der Waals surface area (Å²) in [6.45, 7) is -0.0253. The molecule has 0 amide bonds. The molecular formula is C5H10O6S2. The Morgan fingerprint density at radius 1 is 1.46 bits per heavy atom. The third kappa shape index (κ3) is 4.03. The molecule has 1 aliphatic heterocycles. The van der Waals surface area contributed by atoms with E-state index < -0.39 is 32.1 Å². The fraction of sp³-hybridized carbons (Fsp3) is 1.00. The standard InChI is InChI=1S/C5H10O6S2/c1-12(6,7)11-5-2-3-10-13(8,9)4-5/h5H,2-4H2,1H3. The number of hydrogen-bond acceptors (Lipinski definition) is 6. The van der Waals surface area contributed by atoms with Gasteiger partial charge in [0.05, 0.1) is 19.0 Å². The molecule has 6 nitrogen and oxygen atoms in total. The van der Waals surface area contributed by atoms with E-state index in [-0.39, 0.29) is 13.0 Å². The van der Waals surface area contributed by atoms with Gasteiger partial charge in [0, 0.05) is 6.42 Å². The van der Waals surface area contributed by atoms with E-state index in [4.69, 9.17) is 0 Å². The van der Waals surface area contributed by atoms with Crippen molar-refractivity contribution in [2.75, 3.05) is 18.6 Å². The monoisotopic (exact) mass is 230 g/mol. The van der Waals surface area contributed by atoms with Crippen LogP contribution < -0.4 is 0 Å². The predicted octanol–water partition coefficient (Wildman–Crippen LogP) is -0.919. The Kier molecular flexibility index (Phi) is 2.95. The zero-order valence-corrected chi connectivity index (χ0v) is 8.60. The Labute approximate surface area is 77.1 Å². The summed E-state index contributed by atoms with van der Waals surface area (Å²) in [6.07, 6.45) is 0.343. The highest BCUT2D eigenvalue weighted by molar-refractivity contribution is 7.87. The van der Waals surface area contributed by atoms with E-state index in [1.165, 1.54) is 0 Å². The van der Waals surface area contributed by atoms with Crippen LogP contribution in [0.15, 0.2) is 0 Å². The van der Waals surface area contributed by atoms with Crippen molar-refractivity contribution in [3.8, 4) is 0 Å². The van der Waals surface area contributed by atoms with Gasteiger partial charge in [-0.3, -0.25) is 8.37 Å². The summed E-state index contributed by atoms with van der Waals surface area (Å²) >= 11 is 0. The number of hydrogen-bond donors (Lipinski definition) is 0. The normalized spacial score (nSPS) is 28.5. The van der Waals surface area contributed by atoms with Gasteiger partial charge in [-0.1, -0.05) is 0 Å². The molecule has 8 heteroatoms. The van der Waals surface area contributed by atoms with Gasteiger partial charge in [0.1, 0.15) is 5.75 Å². The summed E-state index contributed by atoms with van der Waals surface area (Å²) in [5.74, 6) is -0.403. The van der Waals surface area contributed by atoms with Crippen LogP contribution in [0.5, 0.6) is 0 Å². The molecule has 0 saturated carbocycles. The van der Waals surface area contributed by atoms with E-state index in [9.17, 15) is 16.8 Å². The van der Waals surface area contributed by atoms with Crippen LogP contribution in [0, 0.1) is 0 Å². The van der Waals surface area contributed by atoms with Crippen LogP contribution in [0.2, 0.25) is 0 Å². The van der Waals surface area contributed by atoms with Crippen LogP contribution >= 0.6 is 0 Å². The number of rotatable bonds is 2. The lowest BCUT2D eigenvalue weighted by atomic mass is 10.3. The molecule has 1 atom stereocenters. The molecule has 0 aromatic heterocycles. The van der Waals surface area contributed by atoms with Crippen LogP contribution in [0.1, 0.15) is 6.42 Å². The van der Waals surface area contributed by atoms with Crippen molar-refractivity contribution in [2.45, 2.75) is 12.5 Å². The molecule has 1 unspecified atom stereocenters. The summed E-state index contributed by atoms with van der Waals surface area (Å²) < 4.78 is 51.9. The molecule has 0 aromatic rings. The highest BCUT2D eigenvalue weighted by Gasteiger charge is 2.28. The molecule has 1 aliphatic rings. The molecule has 1 rings (SSSR count). The lowest BCUT2D eigenvalue weighted by Crippen LogP contribution is -2.33. The van der Waals surface area contributed by atoms with Gasteiger partial charge in [-0.15, -0.1) is 0 Å². The van der Waals surface area contributed by atoms with Gasteiger partial charge in [0.2, 0.25) is 0 Å². The topological polar surface area (TPSA) is 86.7 Å². The highest BCUT2D eigenvalue weighted by Crippen LogP contribution is 2.14. The Morgan fingerprint density at radius 2 is 2.08 bits per heavy atom. The second kappa shape index (κ2) is 3.52. The first-order chi connectivity index (χ1) is 5.79. The first-order valence-corrected chi connectivity index (χ1v) is 6.93. The fourth-order valence-electron chi connectivity index (χ4n) is 0.989. The molecular weight excluding hydrogens is 220 g/mol. The van der Waals surface area contributed by atoms with E-state index in [1.54, 1.807) is 0 Å². The van der Waals surface area contributed by atoms with Gasteiger partial charge in [-0.05, 0) is 0 Å². The van der Waals surface area contributed by atoms with Gasteiger partial charge >= 0.3 is 0 Å². The molecule has 1 fully saturated rings. The molecule has 1 saturated heterocycles. The Hall–Kier alpha value is -0.180. The Bertz CT molecular complexity index is 364. The smallest absolute Gasteiger partial charge is 0.269 e. The molecule has 0 aliphatic carbocycles. The maximum absolute atomic E-state index is 10.8. The lowest BCUT2D eigenvalue weighted by molar-refractivity contribution is 0.164. The second-order valence-corrected chi connectivity index (χ2v) is 6.04. The SMILES string of the molecule is CS(=O)(=O)OC1CCOS(=O)(=O)C1. The Morgan fingerprint density at radius 3 is 2.54 bits per heavy atom. The molecule has 0 radical (unpaired) electrons. The molecule has 78 valence electrons. The third-order valence-corrected chi connectivity index (χ3v) is 3.33. The van der Waals surface area contributed by atoms with Crippen LogP contribution in [-0.4, -0.2) is 41.6 Å². The van der Waals surface area contributed by atoms with Gasteiger partial charge in [0.25, 0.3) is 20.2 Å². The van der Waals surface area contributed by atoms with Crippen molar-refractivity contribution in [3.05, 3.63) is 0 Å². The average molecular weight is 230 g/mol. The van der Waals surface area contributed by atoms with Crippen LogP contribution in [0.3, 0.4) is 0 Å². The first kappa shape index (κ1) is 10.9. The second-order valence-electron chi connectivity index (χ2n) is 2.76. The van der Waals surface area contributed by atoms with E-state index in [0.29, 0.717) is 0 Å². The van der Waals surface area contributed by atoms with Gasteiger partial charge in [0.15, 0.2) is 0 Å². The largest absolute Gasteiger partial charge is 0.270 e. The average Bonchev–Trinajstić information content (AvgIpc) is 1.79. The van der Waals surface area contributed by atoms with Crippen molar-refractivity contribution in [3.63, 3.8) is 0 Å². The van der Waals surface area contributed by atoms with Crippen LogP contribution in [0.25, 0.3) is 0 Å². The van der Waals surface area contributed by atoms with Gasteiger partial charge < -0.3 is 0 Å². The summed E-state index contributed by atoms with van der Waals surface area (Å²) in [5.41, 5.74) is 0.